The number of rotatable bonds is 13. The van der Waals surface area contributed by atoms with Crippen molar-refractivity contribution in [1.29, 1.82) is 0 Å². The molecule has 65 heavy (non-hydrogen) atoms. The van der Waals surface area contributed by atoms with Crippen molar-refractivity contribution in [2.24, 2.45) is 0 Å². The number of aromatic nitrogens is 6. The number of hydrogen-bond donors (Lipinski definition) is 8. The summed E-state index contributed by atoms with van der Waals surface area (Å²) < 4.78 is 33.9. The van der Waals surface area contributed by atoms with E-state index in [-0.39, 0.29) is 41.1 Å². The van der Waals surface area contributed by atoms with Crippen molar-refractivity contribution in [3.63, 3.8) is 0 Å². The van der Waals surface area contributed by atoms with Crippen LogP contribution in [-0.4, -0.2) is 132 Å². The standard InChI is InChI=1S/C44H42FN7O12S/c1-2-5-22(6-4-9-28-29-12-10-26(55)15-32(29)62-33-16-27(56)11-13-30(28)33)42(61)46-17-25-18-51(49-47-25)36-38(57)34(20-53)63-43(40(36)59)65-44-41(60)37(39(58)35(21-54)64-44)52-19-31(48-50-52)23-7-3-8-24(45)14-23/h1,3-8,10-16,18-19,34-41,43-44,53-55,57-60H,9,17,20-21H2,(H,46,61)/b6-4-,22-5+/t34-,35?,36?,37?,38?,39?,40?,41?,43+,44?/m1/s1. The Bertz CT molecular complexity index is 2810. The van der Waals surface area contributed by atoms with E-state index in [4.69, 9.17) is 20.3 Å². The Kier molecular flexibility index (Phi) is 13.5. The van der Waals surface area contributed by atoms with Crippen LogP contribution in [0.5, 0.6) is 5.75 Å². The smallest absolute Gasteiger partial charge is 0.252 e. The van der Waals surface area contributed by atoms with Crippen molar-refractivity contribution in [2.45, 2.75) is 72.5 Å². The van der Waals surface area contributed by atoms with Gasteiger partial charge < -0.3 is 55.0 Å². The van der Waals surface area contributed by atoms with E-state index in [1.165, 1.54) is 71.7 Å². The third-order valence-corrected chi connectivity index (χ3v) is 12.4. The molecule has 8 rings (SSSR count). The van der Waals surface area contributed by atoms with E-state index in [0.717, 1.165) is 22.0 Å². The monoisotopic (exact) mass is 911 g/mol. The molecule has 3 aliphatic heterocycles. The Labute approximate surface area is 372 Å². The average Bonchev–Trinajstić information content (AvgIpc) is 3.97. The highest BCUT2D eigenvalue weighted by molar-refractivity contribution is 8.00. The van der Waals surface area contributed by atoms with E-state index in [9.17, 15) is 49.7 Å². The van der Waals surface area contributed by atoms with Crippen molar-refractivity contribution in [3.8, 4) is 40.7 Å². The van der Waals surface area contributed by atoms with Crippen LogP contribution in [0.1, 0.15) is 23.3 Å². The second kappa shape index (κ2) is 19.4. The van der Waals surface area contributed by atoms with Crippen molar-refractivity contribution in [3.05, 3.63) is 124 Å². The number of ether oxygens (including phenoxy) is 2. The molecule has 0 radical (unpaired) electrons. The highest BCUT2D eigenvalue weighted by atomic mass is 32.2. The average molecular weight is 912 g/mol. The van der Waals surface area contributed by atoms with Crippen LogP contribution in [0.4, 0.5) is 4.39 Å². The summed E-state index contributed by atoms with van der Waals surface area (Å²) in [6, 6.07) is 12.1. The van der Waals surface area contributed by atoms with Gasteiger partial charge in [-0.2, -0.15) is 0 Å². The summed E-state index contributed by atoms with van der Waals surface area (Å²) in [5.74, 6) is 1.59. The minimum Gasteiger partial charge on any atom is -0.508 e. The van der Waals surface area contributed by atoms with E-state index in [1.807, 2.05) is 0 Å². The number of hydrogen-bond acceptors (Lipinski definition) is 17. The normalized spacial score (nSPS) is 26.2. The molecule has 10 atom stereocenters. The molecule has 19 nitrogen and oxygen atoms in total. The number of aliphatic hydroxyl groups excluding tert-OH is 6. The molecule has 4 aromatic rings. The molecule has 4 aliphatic rings. The van der Waals surface area contributed by atoms with Gasteiger partial charge in [0, 0.05) is 40.3 Å². The van der Waals surface area contributed by atoms with Gasteiger partial charge in [-0.3, -0.25) is 9.59 Å². The van der Waals surface area contributed by atoms with Crippen LogP contribution in [0.2, 0.25) is 0 Å². The molecule has 2 aromatic carbocycles. The number of phenols is 1. The molecule has 0 saturated carbocycles. The number of nitrogens with zero attached hydrogens (tertiary/aromatic N) is 6. The number of carbonyl (C=O) groups excluding carboxylic acids is 1. The van der Waals surface area contributed by atoms with Crippen LogP contribution in [0.15, 0.2) is 106 Å². The Morgan fingerprint density at radius 2 is 1.58 bits per heavy atom. The molecule has 21 heteroatoms. The van der Waals surface area contributed by atoms with E-state index in [0.29, 0.717) is 27.9 Å². The summed E-state index contributed by atoms with van der Waals surface area (Å²) in [6.45, 7) is -1.53. The van der Waals surface area contributed by atoms with E-state index < -0.39 is 84.5 Å². The van der Waals surface area contributed by atoms with Crippen molar-refractivity contribution < 1.29 is 58.8 Å². The number of thioether (sulfide) groups is 1. The summed E-state index contributed by atoms with van der Waals surface area (Å²) in [6.07, 6.45) is 4.46. The Hall–Kier alpha value is -6.32. The molecular weight excluding hydrogens is 870 g/mol. The van der Waals surface area contributed by atoms with Gasteiger partial charge in [-0.15, -0.1) is 16.6 Å². The summed E-state index contributed by atoms with van der Waals surface area (Å²) in [4.78, 5) is 25.5. The van der Waals surface area contributed by atoms with E-state index >= 15 is 0 Å². The number of aromatic hydroxyl groups is 1. The fourth-order valence-electron chi connectivity index (χ4n) is 7.88. The molecule has 2 fully saturated rings. The number of fused-ring (bicyclic) bond motifs is 2. The Morgan fingerprint density at radius 3 is 2.26 bits per heavy atom. The summed E-state index contributed by atoms with van der Waals surface area (Å²) in [5, 5.41) is 95.6. The van der Waals surface area contributed by atoms with Crippen molar-refractivity contribution >= 4 is 28.6 Å². The first-order valence-electron chi connectivity index (χ1n) is 20.2. The topological polar surface area (TPSA) is 281 Å². The van der Waals surface area contributed by atoms with Crippen LogP contribution in [0.25, 0.3) is 33.6 Å². The van der Waals surface area contributed by atoms with E-state index in [2.05, 4.69) is 31.9 Å². The first kappa shape index (κ1) is 45.3. The van der Waals surface area contributed by atoms with Gasteiger partial charge in [0.1, 0.15) is 93.9 Å². The predicted molar refractivity (Wildman–Crippen MR) is 229 cm³/mol. The fraction of sp³-hybridized carbons (Fsp3) is 0.318. The van der Waals surface area contributed by atoms with Crippen LogP contribution in [0, 0.1) is 18.2 Å². The highest BCUT2D eigenvalue weighted by Gasteiger charge is 2.51. The van der Waals surface area contributed by atoms with Gasteiger partial charge in [0.25, 0.3) is 5.91 Å². The van der Waals surface area contributed by atoms with Gasteiger partial charge in [0.05, 0.1) is 32.2 Å². The van der Waals surface area contributed by atoms with Crippen molar-refractivity contribution in [2.75, 3.05) is 13.2 Å². The van der Waals surface area contributed by atoms with E-state index in [1.54, 1.807) is 24.3 Å². The summed E-state index contributed by atoms with van der Waals surface area (Å²) in [5.41, 5.74) is -0.0690. The molecule has 2 saturated heterocycles. The number of carbonyl (C=O) groups is 1. The number of benzene rings is 3. The number of allylic oxidation sites excluding steroid dienone is 2. The second-order valence-electron chi connectivity index (χ2n) is 15.3. The lowest BCUT2D eigenvalue weighted by molar-refractivity contribution is -0.189. The lowest BCUT2D eigenvalue weighted by Gasteiger charge is -2.46. The highest BCUT2D eigenvalue weighted by Crippen LogP contribution is 2.42. The lowest BCUT2D eigenvalue weighted by atomic mass is 9.96. The summed E-state index contributed by atoms with van der Waals surface area (Å²) >= 11 is 0.763. The largest absolute Gasteiger partial charge is 0.508 e. The van der Waals surface area contributed by atoms with Crippen LogP contribution in [-0.2, 0) is 27.2 Å². The predicted octanol–water partition coefficient (Wildman–Crippen LogP) is 0.961. The number of aliphatic hydroxyl groups is 6. The maximum absolute atomic E-state index is 13.9. The third-order valence-electron chi connectivity index (χ3n) is 11.1. The second-order valence-corrected chi connectivity index (χ2v) is 16.5. The lowest BCUT2D eigenvalue weighted by Crippen LogP contribution is -2.58. The van der Waals surface area contributed by atoms with Gasteiger partial charge in [-0.25, -0.2) is 13.8 Å². The van der Waals surface area contributed by atoms with Gasteiger partial charge in [-0.1, -0.05) is 52.4 Å². The number of phenolic OH excluding ortho intramolecular Hbond substituents is 1. The molecule has 5 heterocycles. The molecule has 0 spiro atoms. The van der Waals surface area contributed by atoms with Gasteiger partial charge in [0.15, 0.2) is 5.43 Å². The minimum absolute atomic E-state index is 0.0152. The molecule has 8 unspecified atom stereocenters. The Morgan fingerprint density at radius 1 is 0.892 bits per heavy atom. The van der Waals surface area contributed by atoms with Gasteiger partial charge in [-0.05, 0) is 48.4 Å². The molecule has 2 aromatic heterocycles. The summed E-state index contributed by atoms with van der Waals surface area (Å²) in [7, 11) is 0. The zero-order chi connectivity index (χ0) is 45.9. The number of nitrogens with one attached hydrogen (secondary N) is 1. The fourth-order valence-corrected chi connectivity index (χ4v) is 9.20. The minimum atomic E-state index is -1.59. The van der Waals surface area contributed by atoms with Crippen LogP contribution in [0.3, 0.4) is 0 Å². The van der Waals surface area contributed by atoms with Gasteiger partial charge in [0.2, 0.25) is 0 Å². The molecule has 338 valence electrons. The SMILES string of the molecule is C#C/C=C(\C=C/Cc1c2ccc(=O)cc-2oc2cc(O)ccc12)C(=O)NCc1cn(C2C(O)[C@@H](CO)O[C@@H](SC3OC(CO)C(O)C(n4cc(-c5cccc(F)c5)nn4)C3O)C2O)nn1. The Balaban J connectivity index is 0.947. The first-order valence-corrected chi connectivity index (χ1v) is 21.1. The number of halogens is 1. The molecule has 8 N–H and O–H groups in total. The van der Waals surface area contributed by atoms with Crippen LogP contribution < -0.4 is 10.7 Å². The molecule has 1 amide bonds. The number of terminal acetylenes is 1. The maximum atomic E-state index is 13.9. The molecule has 0 bridgehead atoms. The maximum Gasteiger partial charge on any atom is 0.252 e. The molecular formula is C44H42FN7O12S. The molecule has 1 aliphatic carbocycles. The number of amides is 1. The first-order chi connectivity index (χ1) is 31.4. The van der Waals surface area contributed by atoms with Crippen molar-refractivity contribution in [1.82, 2.24) is 35.3 Å². The quantitative estimate of drug-likeness (QED) is 0.0347. The van der Waals surface area contributed by atoms with Gasteiger partial charge >= 0.3 is 0 Å². The van der Waals surface area contributed by atoms with Crippen LogP contribution >= 0.6 is 11.8 Å². The zero-order valence-corrected chi connectivity index (χ0v) is 34.8. The zero-order valence-electron chi connectivity index (χ0n) is 34.0. The third kappa shape index (κ3) is 9.43.